The van der Waals surface area contributed by atoms with E-state index in [4.69, 9.17) is 16.7 Å². The molecule has 3 rings (SSSR count). The molecule has 110 valence electrons. The van der Waals surface area contributed by atoms with Crippen molar-refractivity contribution < 1.29 is 23.8 Å². The number of phenolic OH excluding ortho intramolecular Hbond substituents is 1. The zero-order valence-electron chi connectivity index (χ0n) is 10.4. The molecular formula is C13H8ClF2NO4. The molecule has 1 saturated carbocycles. The second-order valence-corrected chi connectivity index (χ2v) is 5.21. The first-order chi connectivity index (χ1) is 9.84. The fourth-order valence-corrected chi connectivity index (χ4v) is 2.56. The molecule has 1 aliphatic rings. The molecule has 0 aliphatic heterocycles. The Morgan fingerprint density at radius 3 is 2.48 bits per heavy atom. The number of hydrogen-bond donors (Lipinski definition) is 2. The van der Waals surface area contributed by atoms with E-state index in [1.807, 2.05) is 0 Å². The van der Waals surface area contributed by atoms with Gasteiger partial charge in [-0.05, 0) is 12.8 Å². The van der Waals surface area contributed by atoms with Gasteiger partial charge in [0, 0.05) is 12.2 Å². The molecule has 0 radical (unpaired) electrons. The summed E-state index contributed by atoms with van der Waals surface area (Å²) in [5.74, 6) is -5.89. The van der Waals surface area contributed by atoms with Crippen LogP contribution < -0.4 is 5.43 Å². The first-order valence-electron chi connectivity index (χ1n) is 6.02. The molecule has 0 saturated heterocycles. The molecule has 0 spiro atoms. The Morgan fingerprint density at radius 1 is 1.33 bits per heavy atom. The molecule has 1 fully saturated rings. The lowest BCUT2D eigenvalue weighted by Crippen LogP contribution is -2.19. The molecule has 1 heterocycles. The van der Waals surface area contributed by atoms with Crippen LogP contribution in [-0.2, 0) is 0 Å². The Kier molecular flexibility index (Phi) is 2.91. The van der Waals surface area contributed by atoms with Crippen LogP contribution in [0.15, 0.2) is 11.0 Å². The number of hydrogen-bond acceptors (Lipinski definition) is 3. The van der Waals surface area contributed by atoms with E-state index in [0.717, 1.165) is 6.20 Å². The van der Waals surface area contributed by atoms with Crippen LogP contribution in [0, 0.1) is 11.6 Å². The first-order valence-corrected chi connectivity index (χ1v) is 6.40. The van der Waals surface area contributed by atoms with E-state index in [9.17, 15) is 23.5 Å². The summed E-state index contributed by atoms with van der Waals surface area (Å²) in [5.41, 5.74) is -1.93. The lowest BCUT2D eigenvalue weighted by molar-refractivity contribution is 0.0695. The highest BCUT2D eigenvalue weighted by atomic mass is 35.5. The van der Waals surface area contributed by atoms with Crippen LogP contribution in [0.5, 0.6) is 5.75 Å². The van der Waals surface area contributed by atoms with Crippen LogP contribution in [0.4, 0.5) is 8.78 Å². The average Bonchev–Trinajstić information content (AvgIpc) is 3.26. The zero-order chi connectivity index (χ0) is 15.5. The standard InChI is InChI=1S/C13H8ClF2NO4/c14-7-8(15)9(16)12(19)6-10(7)17(4-1-2-4)3-5(11(6)18)13(20)21/h3-4,19H,1-2H2,(H,20,21). The highest BCUT2D eigenvalue weighted by Gasteiger charge is 2.31. The molecule has 0 atom stereocenters. The van der Waals surface area contributed by atoms with E-state index in [-0.39, 0.29) is 11.6 Å². The SMILES string of the molecule is O=C(O)c1cn(C2CC2)c2c(Cl)c(F)c(F)c(O)c2c1=O. The number of phenols is 1. The van der Waals surface area contributed by atoms with E-state index >= 15 is 0 Å². The van der Waals surface area contributed by atoms with Crippen molar-refractivity contribution in [3.8, 4) is 5.75 Å². The molecule has 2 N–H and O–H groups in total. The molecule has 21 heavy (non-hydrogen) atoms. The molecule has 0 unspecified atom stereocenters. The van der Waals surface area contributed by atoms with Gasteiger partial charge in [0.15, 0.2) is 11.6 Å². The van der Waals surface area contributed by atoms with Gasteiger partial charge in [0.05, 0.1) is 10.9 Å². The number of aromatic nitrogens is 1. The number of carbonyl (C=O) groups is 1. The van der Waals surface area contributed by atoms with Crippen molar-refractivity contribution in [2.75, 3.05) is 0 Å². The van der Waals surface area contributed by atoms with Gasteiger partial charge in [-0.1, -0.05) is 11.6 Å². The van der Waals surface area contributed by atoms with Crippen molar-refractivity contribution in [3.05, 3.63) is 38.6 Å². The Balaban J connectivity index is 2.59. The molecular weight excluding hydrogens is 308 g/mol. The number of halogens is 3. The fraction of sp³-hybridized carbons (Fsp3) is 0.231. The van der Waals surface area contributed by atoms with E-state index in [2.05, 4.69) is 0 Å². The van der Waals surface area contributed by atoms with Crippen LogP contribution in [0.1, 0.15) is 29.2 Å². The molecule has 0 bridgehead atoms. The van der Waals surface area contributed by atoms with Gasteiger partial charge in [0.1, 0.15) is 10.6 Å². The van der Waals surface area contributed by atoms with Gasteiger partial charge in [0.25, 0.3) is 0 Å². The van der Waals surface area contributed by atoms with Crippen LogP contribution >= 0.6 is 11.6 Å². The maximum atomic E-state index is 13.7. The third kappa shape index (κ3) is 1.88. The Morgan fingerprint density at radius 2 is 1.95 bits per heavy atom. The molecule has 8 heteroatoms. The minimum atomic E-state index is -1.67. The van der Waals surface area contributed by atoms with E-state index in [1.54, 1.807) is 0 Å². The highest BCUT2D eigenvalue weighted by Crippen LogP contribution is 2.41. The highest BCUT2D eigenvalue weighted by molar-refractivity contribution is 6.35. The summed E-state index contributed by atoms with van der Waals surface area (Å²) in [7, 11) is 0. The summed E-state index contributed by atoms with van der Waals surface area (Å²) in [6.45, 7) is 0. The predicted molar refractivity (Wildman–Crippen MR) is 70.0 cm³/mol. The van der Waals surface area contributed by atoms with Gasteiger partial charge in [-0.2, -0.15) is 4.39 Å². The number of fused-ring (bicyclic) bond motifs is 1. The summed E-state index contributed by atoms with van der Waals surface area (Å²) in [6, 6.07) is -0.159. The summed E-state index contributed by atoms with van der Waals surface area (Å²) in [4.78, 5) is 23.2. The van der Waals surface area contributed by atoms with Crippen molar-refractivity contribution in [1.82, 2.24) is 4.57 Å². The summed E-state index contributed by atoms with van der Waals surface area (Å²) < 4.78 is 28.6. The predicted octanol–water partition coefficient (Wildman–Crippen LogP) is 2.67. The fourth-order valence-electron chi connectivity index (χ4n) is 2.28. The zero-order valence-corrected chi connectivity index (χ0v) is 11.1. The smallest absolute Gasteiger partial charge is 0.341 e. The summed E-state index contributed by atoms with van der Waals surface area (Å²) in [5, 5.41) is 17.5. The van der Waals surface area contributed by atoms with Crippen molar-refractivity contribution in [2.24, 2.45) is 0 Å². The van der Waals surface area contributed by atoms with Gasteiger partial charge in [-0.15, -0.1) is 0 Å². The van der Waals surface area contributed by atoms with Crippen LogP contribution in [-0.4, -0.2) is 20.7 Å². The average molecular weight is 316 g/mol. The molecule has 0 amide bonds. The molecule has 1 aliphatic carbocycles. The van der Waals surface area contributed by atoms with Crippen LogP contribution in [0.25, 0.3) is 10.9 Å². The van der Waals surface area contributed by atoms with E-state index < -0.39 is 44.8 Å². The number of benzene rings is 1. The Bertz CT molecular complexity index is 858. The second kappa shape index (κ2) is 4.42. The van der Waals surface area contributed by atoms with Gasteiger partial charge in [-0.25, -0.2) is 9.18 Å². The third-order valence-electron chi connectivity index (χ3n) is 3.44. The molecule has 5 nitrogen and oxygen atoms in total. The number of rotatable bonds is 2. The molecule has 2 aromatic rings. The monoisotopic (exact) mass is 315 g/mol. The van der Waals surface area contributed by atoms with E-state index in [1.165, 1.54) is 4.57 Å². The topological polar surface area (TPSA) is 79.5 Å². The minimum Gasteiger partial charge on any atom is -0.504 e. The largest absolute Gasteiger partial charge is 0.504 e. The van der Waals surface area contributed by atoms with Crippen LogP contribution in [0.3, 0.4) is 0 Å². The van der Waals surface area contributed by atoms with Gasteiger partial charge in [0.2, 0.25) is 11.2 Å². The Labute approximate surface area is 121 Å². The molecule has 1 aromatic heterocycles. The number of nitrogens with zero attached hydrogens (tertiary/aromatic N) is 1. The maximum absolute atomic E-state index is 13.7. The van der Waals surface area contributed by atoms with Crippen molar-refractivity contribution in [2.45, 2.75) is 18.9 Å². The quantitative estimate of drug-likeness (QED) is 0.835. The lowest BCUT2D eigenvalue weighted by Gasteiger charge is -2.14. The normalized spacial score (nSPS) is 14.6. The van der Waals surface area contributed by atoms with Gasteiger partial charge < -0.3 is 14.8 Å². The summed E-state index contributed by atoms with van der Waals surface area (Å²) in [6.07, 6.45) is 2.42. The van der Waals surface area contributed by atoms with Crippen molar-refractivity contribution >= 4 is 28.5 Å². The third-order valence-corrected chi connectivity index (χ3v) is 3.79. The van der Waals surface area contributed by atoms with Crippen molar-refractivity contribution in [3.63, 3.8) is 0 Å². The molecule has 1 aromatic carbocycles. The number of carboxylic acids is 1. The number of carboxylic acid groups (broad SMARTS) is 1. The Hall–Kier alpha value is -2.15. The lowest BCUT2D eigenvalue weighted by atomic mass is 10.1. The van der Waals surface area contributed by atoms with Gasteiger partial charge >= 0.3 is 5.97 Å². The van der Waals surface area contributed by atoms with Crippen LogP contribution in [0.2, 0.25) is 5.02 Å². The number of pyridine rings is 1. The second-order valence-electron chi connectivity index (χ2n) is 4.83. The van der Waals surface area contributed by atoms with E-state index in [0.29, 0.717) is 12.8 Å². The minimum absolute atomic E-state index is 0.159. The maximum Gasteiger partial charge on any atom is 0.341 e. The summed E-state index contributed by atoms with van der Waals surface area (Å²) >= 11 is 5.75. The number of aromatic carboxylic acids is 1. The van der Waals surface area contributed by atoms with Gasteiger partial charge in [-0.3, -0.25) is 4.79 Å². The first kappa shape index (κ1) is 13.8. The van der Waals surface area contributed by atoms with Crippen molar-refractivity contribution in [1.29, 1.82) is 0 Å². The number of aromatic hydroxyl groups is 1.